The second-order valence-corrected chi connectivity index (χ2v) is 5.70. The number of rotatable bonds is 1. The summed E-state index contributed by atoms with van der Waals surface area (Å²) >= 11 is 0. The molecule has 0 bridgehead atoms. The zero-order chi connectivity index (χ0) is 13.3. The highest BCUT2D eigenvalue weighted by molar-refractivity contribution is 5.42. The minimum absolute atomic E-state index is 0.133. The molecular formula is C15H22O2. The van der Waals surface area contributed by atoms with Gasteiger partial charge in [-0.1, -0.05) is 37.8 Å². The third kappa shape index (κ3) is 3.46. The Hall–Kier alpha value is -1.04. The van der Waals surface area contributed by atoms with Gasteiger partial charge in [0.25, 0.3) is 0 Å². The summed E-state index contributed by atoms with van der Waals surface area (Å²) in [4.78, 5) is 0. The standard InChI is InChI=1S/C15H22O2/c1-6-15(5,17)8-7-13-11(2)9-12(16)10-14(13,3)4/h6,12,16-17H,1,9-10H2,2-5H3. The Morgan fingerprint density at radius 2 is 2.12 bits per heavy atom. The lowest BCUT2D eigenvalue weighted by Crippen LogP contribution is -2.28. The van der Waals surface area contributed by atoms with Crippen LogP contribution in [-0.4, -0.2) is 21.9 Å². The number of hydrogen-bond donors (Lipinski definition) is 2. The first-order valence-electron chi connectivity index (χ1n) is 5.95. The molecule has 0 aliphatic heterocycles. The number of hydrogen-bond acceptors (Lipinski definition) is 2. The molecule has 2 atom stereocenters. The second-order valence-electron chi connectivity index (χ2n) is 5.70. The molecule has 2 unspecified atom stereocenters. The van der Waals surface area contributed by atoms with E-state index in [-0.39, 0.29) is 11.5 Å². The smallest absolute Gasteiger partial charge is 0.141 e. The molecule has 2 heteroatoms. The van der Waals surface area contributed by atoms with Crippen molar-refractivity contribution in [3.8, 4) is 11.8 Å². The average Bonchev–Trinajstić information content (AvgIpc) is 2.14. The molecular weight excluding hydrogens is 212 g/mol. The highest BCUT2D eigenvalue weighted by Gasteiger charge is 2.32. The van der Waals surface area contributed by atoms with Gasteiger partial charge in [0.1, 0.15) is 5.60 Å². The predicted molar refractivity (Wildman–Crippen MR) is 70.3 cm³/mol. The molecule has 0 aromatic heterocycles. The third-order valence-electron chi connectivity index (χ3n) is 3.23. The van der Waals surface area contributed by atoms with Gasteiger partial charge in [0.2, 0.25) is 0 Å². The Balaban J connectivity index is 3.11. The van der Waals surface area contributed by atoms with E-state index >= 15 is 0 Å². The molecule has 0 heterocycles. The summed E-state index contributed by atoms with van der Waals surface area (Å²) in [6.45, 7) is 11.3. The minimum atomic E-state index is -1.15. The summed E-state index contributed by atoms with van der Waals surface area (Å²) in [7, 11) is 0. The van der Waals surface area contributed by atoms with Crippen molar-refractivity contribution in [3.05, 3.63) is 23.8 Å². The maximum Gasteiger partial charge on any atom is 0.141 e. The molecule has 0 fully saturated rings. The Labute approximate surface area is 104 Å². The molecule has 2 nitrogen and oxygen atoms in total. The molecule has 17 heavy (non-hydrogen) atoms. The molecule has 0 radical (unpaired) electrons. The van der Waals surface area contributed by atoms with Crippen LogP contribution < -0.4 is 0 Å². The van der Waals surface area contributed by atoms with Crippen molar-refractivity contribution in [1.82, 2.24) is 0 Å². The van der Waals surface area contributed by atoms with Gasteiger partial charge in [-0.3, -0.25) is 0 Å². The maximum atomic E-state index is 9.80. The van der Waals surface area contributed by atoms with Gasteiger partial charge in [-0.05, 0) is 32.8 Å². The lowest BCUT2D eigenvalue weighted by molar-refractivity contribution is 0.117. The monoisotopic (exact) mass is 234 g/mol. The first-order valence-corrected chi connectivity index (χ1v) is 5.95. The van der Waals surface area contributed by atoms with Crippen molar-refractivity contribution in [1.29, 1.82) is 0 Å². The van der Waals surface area contributed by atoms with Crippen LogP contribution in [0.2, 0.25) is 0 Å². The first kappa shape index (κ1) is 14.0. The van der Waals surface area contributed by atoms with Gasteiger partial charge in [0.05, 0.1) is 6.10 Å². The summed E-state index contributed by atoms with van der Waals surface area (Å²) in [5.41, 5.74) is 0.858. The lowest BCUT2D eigenvalue weighted by Gasteiger charge is -2.34. The zero-order valence-corrected chi connectivity index (χ0v) is 11.2. The van der Waals surface area contributed by atoms with Crippen LogP contribution >= 0.6 is 0 Å². The van der Waals surface area contributed by atoms with Crippen molar-refractivity contribution in [3.63, 3.8) is 0 Å². The molecule has 94 valence electrons. The van der Waals surface area contributed by atoms with Crippen LogP contribution in [0.15, 0.2) is 23.8 Å². The van der Waals surface area contributed by atoms with E-state index in [1.807, 2.05) is 6.92 Å². The summed E-state index contributed by atoms with van der Waals surface area (Å²) < 4.78 is 0. The SMILES string of the molecule is C=CC(C)(O)C#CC1=C(C)CC(O)CC1(C)C. The van der Waals surface area contributed by atoms with Crippen LogP contribution in [0.3, 0.4) is 0 Å². The Morgan fingerprint density at radius 1 is 1.53 bits per heavy atom. The van der Waals surface area contributed by atoms with Crippen molar-refractivity contribution in [2.75, 3.05) is 0 Å². The molecule has 1 aliphatic rings. The van der Waals surface area contributed by atoms with Crippen LogP contribution in [0.25, 0.3) is 0 Å². The summed E-state index contributed by atoms with van der Waals surface area (Å²) in [5.74, 6) is 5.90. The van der Waals surface area contributed by atoms with Crippen LogP contribution in [0.1, 0.15) is 40.5 Å². The highest BCUT2D eigenvalue weighted by Crippen LogP contribution is 2.39. The summed E-state index contributed by atoms with van der Waals surface area (Å²) in [6, 6.07) is 0. The van der Waals surface area contributed by atoms with Crippen LogP contribution in [0.4, 0.5) is 0 Å². The van der Waals surface area contributed by atoms with E-state index in [0.29, 0.717) is 12.8 Å². The fourth-order valence-electron chi connectivity index (χ4n) is 2.31. The van der Waals surface area contributed by atoms with E-state index in [4.69, 9.17) is 0 Å². The topological polar surface area (TPSA) is 40.5 Å². The Bertz CT molecular complexity index is 402. The molecule has 0 amide bonds. The molecule has 0 saturated carbocycles. The summed E-state index contributed by atoms with van der Waals surface area (Å²) in [5, 5.41) is 19.6. The first-order chi connectivity index (χ1) is 7.68. The van der Waals surface area contributed by atoms with Gasteiger partial charge in [0.15, 0.2) is 0 Å². The van der Waals surface area contributed by atoms with E-state index in [1.54, 1.807) is 6.92 Å². The zero-order valence-electron chi connectivity index (χ0n) is 11.2. The lowest BCUT2D eigenvalue weighted by atomic mass is 9.72. The highest BCUT2D eigenvalue weighted by atomic mass is 16.3. The van der Waals surface area contributed by atoms with Crippen molar-refractivity contribution in [2.24, 2.45) is 5.41 Å². The molecule has 2 N–H and O–H groups in total. The number of allylic oxidation sites excluding steroid dienone is 1. The molecule has 0 aromatic carbocycles. The molecule has 1 rings (SSSR count). The molecule has 0 saturated heterocycles. The van der Waals surface area contributed by atoms with Crippen LogP contribution in [0, 0.1) is 17.3 Å². The summed E-state index contributed by atoms with van der Waals surface area (Å²) in [6.07, 6.45) is 2.53. The normalized spacial score (nSPS) is 26.8. The van der Waals surface area contributed by atoms with E-state index in [1.165, 1.54) is 6.08 Å². The second kappa shape index (κ2) is 4.68. The van der Waals surface area contributed by atoms with Gasteiger partial charge in [-0.15, -0.1) is 0 Å². The third-order valence-corrected chi connectivity index (χ3v) is 3.23. The van der Waals surface area contributed by atoms with E-state index < -0.39 is 5.60 Å². The van der Waals surface area contributed by atoms with Crippen LogP contribution in [-0.2, 0) is 0 Å². The predicted octanol–water partition coefficient (Wildman–Crippen LogP) is 2.42. The minimum Gasteiger partial charge on any atom is -0.393 e. The fraction of sp³-hybridized carbons (Fsp3) is 0.600. The van der Waals surface area contributed by atoms with Gasteiger partial charge < -0.3 is 10.2 Å². The Morgan fingerprint density at radius 3 is 2.59 bits per heavy atom. The van der Waals surface area contributed by atoms with Crippen molar-refractivity contribution < 1.29 is 10.2 Å². The Kier molecular flexibility index (Phi) is 3.86. The van der Waals surface area contributed by atoms with E-state index in [0.717, 1.165) is 11.1 Å². The van der Waals surface area contributed by atoms with E-state index in [9.17, 15) is 10.2 Å². The van der Waals surface area contributed by atoms with Gasteiger partial charge in [0, 0.05) is 11.0 Å². The van der Waals surface area contributed by atoms with Gasteiger partial charge in [-0.25, -0.2) is 0 Å². The van der Waals surface area contributed by atoms with E-state index in [2.05, 4.69) is 32.3 Å². The van der Waals surface area contributed by atoms with Gasteiger partial charge >= 0.3 is 0 Å². The molecule has 1 aliphatic carbocycles. The van der Waals surface area contributed by atoms with Crippen molar-refractivity contribution >= 4 is 0 Å². The number of aliphatic hydroxyl groups excluding tert-OH is 1. The van der Waals surface area contributed by atoms with Crippen molar-refractivity contribution in [2.45, 2.75) is 52.2 Å². The maximum absolute atomic E-state index is 9.80. The average molecular weight is 234 g/mol. The number of aliphatic hydroxyl groups is 2. The largest absolute Gasteiger partial charge is 0.393 e. The quantitative estimate of drug-likeness (QED) is 0.540. The fourth-order valence-corrected chi connectivity index (χ4v) is 2.31. The molecule has 0 aromatic rings. The van der Waals surface area contributed by atoms with Crippen LogP contribution in [0.5, 0.6) is 0 Å². The molecule has 0 spiro atoms. The van der Waals surface area contributed by atoms with Gasteiger partial charge in [-0.2, -0.15) is 0 Å².